The number of aromatic amines is 2. The molecule has 0 atom stereocenters. The second-order valence-electron chi connectivity index (χ2n) is 5.90. The SMILES string of the molecule is CCN(CC)c1ccc(NC(=O)Cc2ccc3[nH]c(=O)[nH]c3c2)cc1. The largest absolute Gasteiger partial charge is 0.372 e. The summed E-state index contributed by atoms with van der Waals surface area (Å²) in [6.45, 7) is 6.14. The van der Waals surface area contributed by atoms with Gasteiger partial charge in [-0.25, -0.2) is 4.79 Å². The Morgan fingerprint density at radius 3 is 2.36 bits per heavy atom. The Balaban J connectivity index is 1.66. The van der Waals surface area contributed by atoms with Crippen molar-refractivity contribution in [3.8, 4) is 0 Å². The van der Waals surface area contributed by atoms with Crippen molar-refractivity contribution >= 4 is 28.3 Å². The third-order valence-electron chi connectivity index (χ3n) is 4.22. The van der Waals surface area contributed by atoms with E-state index in [4.69, 9.17) is 0 Å². The molecule has 0 radical (unpaired) electrons. The summed E-state index contributed by atoms with van der Waals surface area (Å²) in [7, 11) is 0. The lowest BCUT2D eigenvalue weighted by Gasteiger charge is -2.21. The standard InChI is InChI=1S/C19H22N4O2/c1-3-23(4-2)15-8-6-14(7-9-15)20-18(24)12-13-5-10-16-17(11-13)22-19(25)21-16/h5-11H,3-4,12H2,1-2H3,(H,20,24)(H2,21,22,25). The maximum absolute atomic E-state index is 12.3. The number of anilines is 2. The van der Waals surface area contributed by atoms with Gasteiger partial charge >= 0.3 is 5.69 Å². The lowest BCUT2D eigenvalue weighted by molar-refractivity contribution is -0.115. The molecule has 3 rings (SSSR count). The van der Waals surface area contributed by atoms with Crippen LogP contribution < -0.4 is 15.9 Å². The zero-order valence-corrected chi connectivity index (χ0v) is 14.4. The molecule has 0 bridgehead atoms. The summed E-state index contributed by atoms with van der Waals surface area (Å²) < 4.78 is 0. The molecule has 0 saturated carbocycles. The smallest absolute Gasteiger partial charge is 0.323 e. The molecule has 2 aromatic carbocycles. The Morgan fingerprint density at radius 1 is 1.00 bits per heavy atom. The molecule has 3 aromatic rings. The topological polar surface area (TPSA) is 81.0 Å². The highest BCUT2D eigenvalue weighted by Gasteiger charge is 2.07. The van der Waals surface area contributed by atoms with Gasteiger partial charge in [0.25, 0.3) is 0 Å². The van der Waals surface area contributed by atoms with E-state index in [1.165, 1.54) is 0 Å². The van der Waals surface area contributed by atoms with Crippen molar-refractivity contribution in [3.63, 3.8) is 0 Å². The lowest BCUT2D eigenvalue weighted by atomic mass is 10.1. The van der Waals surface area contributed by atoms with Gasteiger partial charge in [0.15, 0.2) is 0 Å². The molecule has 6 heteroatoms. The van der Waals surface area contributed by atoms with Gasteiger partial charge < -0.3 is 20.2 Å². The van der Waals surface area contributed by atoms with E-state index in [2.05, 4.69) is 34.0 Å². The highest BCUT2D eigenvalue weighted by Crippen LogP contribution is 2.18. The van der Waals surface area contributed by atoms with Gasteiger partial charge in [-0.1, -0.05) is 6.07 Å². The maximum Gasteiger partial charge on any atom is 0.323 e. The average molecular weight is 338 g/mol. The Kier molecular flexibility index (Phi) is 4.88. The first kappa shape index (κ1) is 16.8. The molecule has 25 heavy (non-hydrogen) atoms. The number of aromatic nitrogens is 2. The van der Waals surface area contributed by atoms with Crippen molar-refractivity contribution in [2.24, 2.45) is 0 Å². The van der Waals surface area contributed by atoms with Gasteiger partial charge in [-0.3, -0.25) is 4.79 Å². The van der Waals surface area contributed by atoms with E-state index < -0.39 is 0 Å². The van der Waals surface area contributed by atoms with Crippen LogP contribution in [0.2, 0.25) is 0 Å². The second kappa shape index (κ2) is 7.25. The van der Waals surface area contributed by atoms with Crippen LogP contribution in [-0.4, -0.2) is 29.0 Å². The van der Waals surface area contributed by atoms with Crippen molar-refractivity contribution in [3.05, 3.63) is 58.5 Å². The van der Waals surface area contributed by atoms with Gasteiger partial charge in [0.05, 0.1) is 17.5 Å². The van der Waals surface area contributed by atoms with Crippen LogP contribution in [0.25, 0.3) is 11.0 Å². The Bertz CT molecular complexity index is 920. The van der Waals surface area contributed by atoms with Crippen LogP contribution in [0.3, 0.4) is 0 Å². The molecular formula is C19H22N4O2. The number of amides is 1. The summed E-state index contributed by atoms with van der Waals surface area (Å²) in [6, 6.07) is 13.3. The number of nitrogens with one attached hydrogen (secondary N) is 3. The molecule has 0 aliphatic carbocycles. The monoisotopic (exact) mass is 338 g/mol. The number of carbonyl (C=O) groups excluding carboxylic acids is 1. The Hall–Kier alpha value is -3.02. The van der Waals surface area contributed by atoms with E-state index in [9.17, 15) is 9.59 Å². The zero-order chi connectivity index (χ0) is 17.8. The lowest BCUT2D eigenvalue weighted by Crippen LogP contribution is -2.21. The molecule has 3 N–H and O–H groups in total. The van der Waals surface area contributed by atoms with Crippen molar-refractivity contribution in [2.75, 3.05) is 23.3 Å². The van der Waals surface area contributed by atoms with Gasteiger partial charge in [0.1, 0.15) is 0 Å². The first-order chi connectivity index (χ1) is 12.1. The molecule has 6 nitrogen and oxygen atoms in total. The highest BCUT2D eigenvalue weighted by atomic mass is 16.1. The molecule has 1 heterocycles. The molecule has 0 spiro atoms. The fourth-order valence-corrected chi connectivity index (χ4v) is 2.92. The highest BCUT2D eigenvalue weighted by molar-refractivity contribution is 5.93. The fraction of sp³-hybridized carbons (Fsp3) is 0.263. The Morgan fingerprint density at radius 2 is 1.68 bits per heavy atom. The minimum atomic E-state index is -0.245. The first-order valence-corrected chi connectivity index (χ1v) is 8.45. The molecular weight excluding hydrogens is 316 g/mol. The van der Waals surface area contributed by atoms with Gasteiger partial charge in [-0.05, 0) is 55.8 Å². The minimum absolute atomic E-state index is 0.0900. The normalized spacial score (nSPS) is 10.8. The van der Waals surface area contributed by atoms with Crippen molar-refractivity contribution in [1.82, 2.24) is 9.97 Å². The number of benzene rings is 2. The number of hydrogen-bond donors (Lipinski definition) is 3. The summed E-state index contributed by atoms with van der Waals surface area (Å²) in [5.41, 5.74) is 3.96. The summed E-state index contributed by atoms with van der Waals surface area (Å²) in [4.78, 5) is 31.2. The number of nitrogens with zero attached hydrogens (tertiary/aromatic N) is 1. The minimum Gasteiger partial charge on any atom is -0.372 e. The number of carbonyl (C=O) groups is 1. The van der Waals surface area contributed by atoms with Gasteiger partial charge in [0, 0.05) is 24.5 Å². The van der Waals surface area contributed by atoms with Crippen LogP contribution in [0, 0.1) is 0 Å². The molecule has 1 amide bonds. The van der Waals surface area contributed by atoms with Crippen LogP contribution in [0.4, 0.5) is 11.4 Å². The predicted molar refractivity (Wildman–Crippen MR) is 101 cm³/mol. The van der Waals surface area contributed by atoms with E-state index >= 15 is 0 Å². The number of rotatable bonds is 6. The molecule has 0 fully saturated rings. The number of hydrogen-bond acceptors (Lipinski definition) is 3. The molecule has 0 unspecified atom stereocenters. The number of fused-ring (bicyclic) bond motifs is 1. The summed E-state index contributed by atoms with van der Waals surface area (Å²) in [6.07, 6.45) is 0.251. The van der Waals surface area contributed by atoms with Crippen molar-refractivity contribution < 1.29 is 4.79 Å². The number of H-pyrrole nitrogens is 2. The van der Waals surface area contributed by atoms with E-state index in [1.54, 1.807) is 6.07 Å². The van der Waals surface area contributed by atoms with Crippen molar-refractivity contribution in [1.29, 1.82) is 0 Å². The van der Waals surface area contributed by atoms with Crippen LogP contribution >= 0.6 is 0 Å². The van der Waals surface area contributed by atoms with E-state index in [-0.39, 0.29) is 18.0 Å². The van der Waals surface area contributed by atoms with Crippen molar-refractivity contribution in [2.45, 2.75) is 20.3 Å². The van der Waals surface area contributed by atoms with E-state index in [0.29, 0.717) is 5.52 Å². The molecule has 0 aliphatic heterocycles. The van der Waals surface area contributed by atoms with E-state index in [0.717, 1.165) is 35.5 Å². The Labute approximate surface area is 145 Å². The second-order valence-corrected chi connectivity index (χ2v) is 5.90. The summed E-state index contributed by atoms with van der Waals surface area (Å²) >= 11 is 0. The number of imidazole rings is 1. The van der Waals surface area contributed by atoms with E-state index in [1.807, 2.05) is 36.4 Å². The summed E-state index contributed by atoms with van der Waals surface area (Å²) in [5, 5.41) is 2.91. The molecule has 0 aliphatic rings. The quantitative estimate of drug-likeness (QED) is 0.646. The van der Waals surface area contributed by atoms with Crippen LogP contribution in [-0.2, 0) is 11.2 Å². The third kappa shape index (κ3) is 3.91. The van der Waals surface area contributed by atoms with Crippen LogP contribution in [0.1, 0.15) is 19.4 Å². The average Bonchev–Trinajstić information content (AvgIpc) is 2.96. The molecule has 0 saturated heterocycles. The van der Waals surface area contributed by atoms with Crippen LogP contribution in [0.15, 0.2) is 47.3 Å². The predicted octanol–water partition coefficient (Wildman–Crippen LogP) is 2.88. The van der Waals surface area contributed by atoms with Crippen LogP contribution in [0.5, 0.6) is 0 Å². The fourth-order valence-electron chi connectivity index (χ4n) is 2.92. The van der Waals surface area contributed by atoms with Gasteiger partial charge in [0.2, 0.25) is 5.91 Å². The maximum atomic E-state index is 12.3. The summed E-state index contributed by atoms with van der Waals surface area (Å²) in [5.74, 6) is -0.0900. The first-order valence-electron chi connectivity index (χ1n) is 8.45. The molecule has 130 valence electrons. The van der Waals surface area contributed by atoms with Gasteiger partial charge in [-0.2, -0.15) is 0 Å². The zero-order valence-electron chi connectivity index (χ0n) is 14.4. The van der Waals surface area contributed by atoms with Gasteiger partial charge in [-0.15, -0.1) is 0 Å². The third-order valence-corrected chi connectivity index (χ3v) is 4.22. The molecule has 1 aromatic heterocycles.